The van der Waals surface area contributed by atoms with Crippen LogP contribution in [-0.4, -0.2) is 11.6 Å². The Morgan fingerprint density at radius 1 is 0.354 bits per heavy atom. The molecule has 236 valence electrons. The fourth-order valence-corrected chi connectivity index (χ4v) is 6.01. The van der Waals surface area contributed by atoms with Crippen molar-refractivity contribution in [3.63, 3.8) is 0 Å². The van der Waals surface area contributed by atoms with Gasteiger partial charge in [0.2, 0.25) is 0 Å². The van der Waals surface area contributed by atoms with Gasteiger partial charge in [0.15, 0.2) is 11.6 Å². The lowest BCUT2D eigenvalue weighted by atomic mass is 9.80. The topological polar surface area (TPSA) is 82.3 Å². The van der Waals surface area contributed by atoms with E-state index in [0.717, 1.165) is 39.4 Å². The standard InChI is InChI=1S/C41H33ClN4O2/c1-24-4-12-28(13-5-24)43-32-20-21-33(44-29-14-6-25(2)7-15-29)37-36(32)40(47)38-34(45-30-16-8-26(3)9-17-30)22-23-35(39(38)41(37)48)46-31-18-10-27(42)11-19-31/h4-23,43-46H,1-3H3. The van der Waals surface area contributed by atoms with E-state index < -0.39 is 0 Å². The molecule has 0 saturated heterocycles. The second kappa shape index (κ2) is 12.7. The highest BCUT2D eigenvalue weighted by molar-refractivity contribution is 6.35. The first kappa shape index (κ1) is 30.8. The van der Waals surface area contributed by atoms with Crippen molar-refractivity contribution >= 4 is 68.7 Å². The van der Waals surface area contributed by atoms with Gasteiger partial charge in [-0.05, 0) is 106 Å². The van der Waals surface area contributed by atoms with Gasteiger partial charge >= 0.3 is 0 Å². The molecule has 0 amide bonds. The number of benzene rings is 6. The summed E-state index contributed by atoms with van der Waals surface area (Å²) >= 11 is 6.16. The number of halogens is 1. The SMILES string of the molecule is Cc1ccc(Nc2ccc(Nc3ccc(C)cc3)c3c2C(=O)c2c(Nc4ccc(C)cc4)ccc(Nc4ccc(Cl)cc4)c2C3=O)cc1. The van der Waals surface area contributed by atoms with Crippen molar-refractivity contribution < 1.29 is 9.59 Å². The van der Waals surface area contributed by atoms with Crippen LogP contribution in [0.5, 0.6) is 0 Å². The molecule has 48 heavy (non-hydrogen) atoms. The van der Waals surface area contributed by atoms with E-state index in [0.29, 0.717) is 50.0 Å². The first-order valence-corrected chi connectivity index (χ1v) is 16.1. The van der Waals surface area contributed by atoms with E-state index in [1.54, 1.807) is 12.1 Å². The normalized spacial score (nSPS) is 11.8. The van der Waals surface area contributed by atoms with Crippen LogP contribution in [-0.2, 0) is 0 Å². The van der Waals surface area contributed by atoms with E-state index in [2.05, 4.69) is 21.3 Å². The van der Waals surface area contributed by atoms with E-state index in [1.165, 1.54) is 0 Å². The second-order valence-corrected chi connectivity index (χ2v) is 12.5. The van der Waals surface area contributed by atoms with Crippen molar-refractivity contribution in [2.75, 3.05) is 21.3 Å². The van der Waals surface area contributed by atoms with Gasteiger partial charge in [-0.1, -0.05) is 64.7 Å². The Balaban J connectivity index is 1.42. The summed E-state index contributed by atoms with van der Waals surface area (Å²) < 4.78 is 0. The average molecular weight is 649 g/mol. The summed E-state index contributed by atoms with van der Waals surface area (Å²) in [7, 11) is 0. The van der Waals surface area contributed by atoms with E-state index in [-0.39, 0.29) is 11.6 Å². The van der Waals surface area contributed by atoms with Gasteiger partial charge in [0, 0.05) is 27.8 Å². The van der Waals surface area contributed by atoms with Gasteiger partial charge in [-0.25, -0.2) is 0 Å². The van der Waals surface area contributed by atoms with Crippen LogP contribution in [0.1, 0.15) is 48.5 Å². The highest BCUT2D eigenvalue weighted by Gasteiger charge is 2.38. The van der Waals surface area contributed by atoms with Crippen molar-refractivity contribution in [2.24, 2.45) is 0 Å². The van der Waals surface area contributed by atoms with Crippen molar-refractivity contribution in [1.29, 1.82) is 0 Å². The summed E-state index contributed by atoms with van der Waals surface area (Å²) in [6, 6.07) is 38.4. The second-order valence-electron chi connectivity index (χ2n) is 12.1. The van der Waals surface area contributed by atoms with Crippen molar-refractivity contribution in [2.45, 2.75) is 20.8 Å². The molecule has 1 aliphatic rings. The lowest BCUT2D eigenvalue weighted by molar-refractivity contribution is 0.0981. The maximum absolute atomic E-state index is 15.0. The molecule has 6 aromatic carbocycles. The zero-order chi connectivity index (χ0) is 33.4. The molecule has 1 aliphatic carbocycles. The molecule has 0 unspecified atom stereocenters. The molecule has 7 rings (SSSR count). The predicted molar refractivity (Wildman–Crippen MR) is 198 cm³/mol. The smallest absolute Gasteiger partial charge is 0.198 e. The third-order valence-electron chi connectivity index (χ3n) is 8.43. The molecule has 0 fully saturated rings. The fourth-order valence-electron chi connectivity index (χ4n) is 5.88. The van der Waals surface area contributed by atoms with Gasteiger partial charge < -0.3 is 21.3 Å². The van der Waals surface area contributed by atoms with Gasteiger partial charge in [-0.15, -0.1) is 0 Å². The minimum Gasteiger partial charge on any atom is -0.355 e. The Labute approximate surface area is 284 Å². The monoisotopic (exact) mass is 648 g/mol. The summed E-state index contributed by atoms with van der Waals surface area (Å²) in [6.45, 7) is 6.06. The lowest BCUT2D eigenvalue weighted by Crippen LogP contribution is -2.25. The molecule has 6 nitrogen and oxygen atoms in total. The Morgan fingerprint density at radius 3 is 0.833 bits per heavy atom. The summed E-state index contributed by atoms with van der Waals surface area (Å²) in [5.41, 5.74) is 9.85. The number of anilines is 8. The van der Waals surface area contributed by atoms with E-state index >= 15 is 0 Å². The summed E-state index contributed by atoms with van der Waals surface area (Å²) in [6.07, 6.45) is 0. The third-order valence-corrected chi connectivity index (χ3v) is 8.69. The van der Waals surface area contributed by atoms with Crippen LogP contribution in [0.25, 0.3) is 0 Å². The maximum atomic E-state index is 15.0. The average Bonchev–Trinajstić information content (AvgIpc) is 3.08. The first-order chi connectivity index (χ1) is 23.2. The van der Waals surface area contributed by atoms with Crippen LogP contribution in [0.3, 0.4) is 0 Å². The Kier molecular flexibility index (Phi) is 8.17. The minimum absolute atomic E-state index is 0.267. The summed E-state index contributed by atoms with van der Waals surface area (Å²) in [4.78, 5) is 30.0. The van der Waals surface area contributed by atoms with E-state index in [4.69, 9.17) is 11.6 Å². The predicted octanol–water partition coefficient (Wildman–Crippen LogP) is 11.0. The Morgan fingerprint density at radius 2 is 0.583 bits per heavy atom. The largest absolute Gasteiger partial charge is 0.355 e. The first-order valence-electron chi connectivity index (χ1n) is 15.7. The molecule has 6 aromatic rings. The molecule has 0 bridgehead atoms. The van der Waals surface area contributed by atoms with Crippen molar-refractivity contribution in [3.8, 4) is 0 Å². The molecule has 0 heterocycles. The number of aryl methyl sites for hydroxylation is 3. The highest BCUT2D eigenvalue weighted by Crippen LogP contribution is 2.44. The number of nitrogens with one attached hydrogen (secondary N) is 4. The Hall–Kier alpha value is -5.85. The zero-order valence-corrected chi connectivity index (χ0v) is 27.5. The van der Waals surface area contributed by atoms with Crippen LogP contribution in [0.2, 0.25) is 5.02 Å². The fraction of sp³-hybridized carbons (Fsp3) is 0.0732. The number of hydrogen-bond donors (Lipinski definition) is 4. The van der Waals surface area contributed by atoms with Gasteiger partial charge in [-0.3, -0.25) is 9.59 Å². The molecule has 0 saturated carbocycles. The highest BCUT2D eigenvalue weighted by atomic mass is 35.5. The number of rotatable bonds is 8. The molecule has 0 spiro atoms. The zero-order valence-electron chi connectivity index (χ0n) is 26.7. The molecule has 0 aliphatic heterocycles. The van der Waals surface area contributed by atoms with Crippen LogP contribution < -0.4 is 21.3 Å². The van der Waals surface area contributed by atoms with Gasteiger partial charge in [0.1, 0.15) is 0 Å². The maximum Gasteiger partial charge on any atom is 0.198 e. The summed E-state index contributed by atoms with van der Waals surface area (Å²) in [5, 5.41) is 14.2. The van der Waals surface area contributed by atoms with Crippen LogP contribution in [0.4, 0.5) is 45.5 Å². The molecule has 0 aromatic heterocycles. The number of hydrogen-bond acceptors (Lipinski definition) is 6. The third kappa shape index (κ3) is 6.14. The molecule has 0 radical (unpaired) electrons. The number of ketones is 2. The molecule has 7 heteroatoms. The quantitative estimate of drug-likeness (QED) is 0.131. The number of fused-ring (bicyclic) bond motifs is 2. The number of carbonyl (C=O) groups excluding carboxylic acids is 2. The van der Waals surface area contributed by atoms with Gasteiger partial charge in [0.05, 0.1) is 45.0 Å². The molecular formula is C41H33ClN4O2. The van der Waals surface area contributed by atoms with Crippen LogP contribution >= 0.6 is 11.6 Å². The lowest BCUT2D eigenvalue weighted by Gasteiger charge is -2.27. The summed E-state index contributed by atoms with van der Waals surface area (Å²) in [5.74, 6) is -0.540. The van der Waals surface area contributed by atoms with Gasteiger partial charge in [-0.2, -0.15) is 0 Å². The van der Waals surface area contributed by atoms with E-state index in [1.807, 2.05) is 130 Å². The Bertz CT molecular complexity index is 1860. The van der Waals surface area contributed by atoms with Gasteiger partial charge in [0.25, 0.3) is 0 Å². The van der Waals surface area contributed by atoms with Crippen LogP contribution in [0, 0.1) is 20.8 Å². The molecular weight excluding hydrogens is 616 g/mol. The number of carbonyl (C=O) groups is 2. The van der Waals surface area contributed by atoms with E-state index in [9.17, 15) is 9.59 Å². The van der Waals surface area contributed by atoms with Crippen molar-refractivity contribution in [1.82, 2.24) is 0 Å². The minimum atomic E-state index is -0.272. The molecule has 4 N–H and O–H groups in total. The van der Waals surface area contributed by atoms with Crippen LogP contribution in [0.15, 0.2) is 121 Å². The van der Waals surface area contributed by atoms with Crippen molar-refractivity contribution in [3.05, 3.63) is 165 Å². The molecule has 0 atom stereocenters.